The maximum atomic E-state index is 6.22. The van der Waals surface area contributed by atoms with Gasteiger partial charge in [-0.05, 0) is 43.1 Å². The largest absolute Gasteiger partial charge is 0.330 e. The maximum absolute atomic E-state index is 6.22. The van der Waals surface area contributed by atoms with Crippen LogP contribution in [0.3, 0.4) is 0 Å². The van der Waals surface area contributed by atoms with Crippen LogP contribution in [0, 0.1) is 6.92 Å². The molecule has 0 spiro atoms. The molecule has 0 saturated heterocycles. The molecule has 0 aliphatic heterocycles. The SMILES string of the molecule is Cc1cccc(C(CN)Cc2ccc(Cl)cc2Cl)c1. The predicted octanol–water partition coefficient (Wildman–Crippen LogP) is 4.59. The topological polar surface area (TPSA) is 26.0 Å². The Morgan fingerprint density at radius 1 is 1.11 bits per heavy atom. The second kappa shape index (κ2) is 6.42. The van der Waals surface area contributed by atoms with Crippen LogP contribution in [0.25, 0.3) is 0 Å². The van der Waals surface area contributed by atoms with Gasteiger partial charge in [0.15, 0.2) is 0 Å². The van der Waals surface area contributed by atoms with Crippen LogP contribution in [0.5, 0.6) is 0 Å². The first-order chi connectivity index (χ1) is 9.10. The Kier molecular flexibility index (Phi) is 4.87. The van der Waals surface area contributed by atoms with Gasteiger partial charge in [0.05, 0.1) is 0 Å². The first-order valence-electron chi connectivity index (χ1n) is 6.30. The molecule has 1 nitrogen and oxygen atoms in total. The lowest BCUT2D eigenvalue weighted by Gasteiger charge is -2.17. The molecule has 1 atom stereocenters. The first kappa shape index (κ1) is 14.4. The second-order valence-corrected chi connectivity index (χ2v) is 5.63. The zero-order chi connectivity index (χ0) is 13.8. The van der Waals surface area contributed by atoms with E-state index in [9.17, 15) is 0 Å². The molecule has 0 heterocycles. The van der Waals surface area contributed by atoms with E-state index in [4.69, 9.17) is 28.9 Å². The highest BCUT2D eigenvalue weighted by atomic mass is 35.5. The molecule has 0 amide bonds. The van der Waals surface area contributed by atoms with Crippen molar-refractivity contribution < 1.29 is 0 Å². The van der Waals surface area contributed by atoms with E-state index in [1.54, 1.807) is 6.07 Å². The number of aryl methyl sites for hydroxylation is 1. The average Bonchev–Trinajstić information content (AvgIpc) is 2.38. The third-order valence-electron chi connectivity index (χ3n) is 3.28. The van der Waals surface area contributed by atoms with Crippen LogP contribution in [-0.2, 0) is 6.42 Å². The minimum Gasteiger partial charge on any atom is -0.330 e. The highest BCUT2D eigenvalue weighted by molar-refractivity contribution is 6.35. The third kappa shape index (κ3) is 3.73. The summed E-state index contributed by atoms with van der Waals surface area (Å²) >= 11 is 12.1. The van der Waals surface area contributed by atoms with Crippen molar-refractivity contribution in [3.8, 4) is 0 Å². The summed E-state index contributed by atoms with van der Waals surface area (Å²) in [4.78, 5) is 0. The van der Waals surface area contributed by atoms with Crippen molar-refractivity contribution in [1.82, 2.24) is 0 Å². The smallest absolute Gasteiger partial charge is 0.0453 e. The lowest BCUT2D eigenvalue weighted by atomic mass is 9.91. The van der Waals surface area contributed by atoms with Gasteiger partial charge in [-0.3, -0.25) is 0 Å². The molecule has 0 bridgehead atoms. The first-order valence-corrected chi connectivity index (χ1v) is 7.06. The Hall–Kier alpha value is -1.02. The van der Waals surface area contributed by atoms with E-state index < -0.39 is 0 Å². The van der Waals surface area contributed by atoms with Crippen LogP contribution in [0.4, 0.5) is 0 Å². The summed E-state index contributed by atoms with van der Waals surface area (Å²) < 4.78 is 0. The highest BCUT2D eigenvalue weighted by Gasteiger charge is 2.13. The molecule has 0 fully saturated rings. The molecular formula is C16H17Cl2N. The highest BCUT2D eigenvalue weighted by Crippen LogP contribution is 2.27. The summed E-state index contributed by atoms with van der Waals surface area (Å²) in [5.74, 6) is 0.276. The van der Waals surface area contributed by atoms with Crippen molar-refractivity contribution in [2.75, 3.05) is 6.54 Å². The fourth-order valence-corrected chi connectivity index (χ4v) is 2.70. The summed E-state index contributed by atoms with van der Waals surface area (Å²) in [6.45, 7) is 2.69. The molecule has 2 N–H and O–H groups in total. The molecule has 0 aliphatic rings. The molecule has 100 valence electrons. The van der Waals surface area contributed by atoms with Crippen molar-refractivity contribution in [1.29, 1.82) is 0 Å². The predicted molar refractivity (Wildman–Crippen MR) is 83.1 cm³/mol. The van der Waals surface area contributed by atoms with Gasteiger partial charge < -0.3 is 5.73 Å². The summed E-state index contributed by atoms with van der Waals surface area (Å²) in [6, 6.07) is 14.1. The average molecular weight is 294 g/mol. The molecule has 0 aliphatic carbocycles. The summed E-state index contributed by atoms with van der Waals surface area (Å²) in [5.41, 5.74) is 9.51. The van der Waals surface area contributed by atoms with Gasteiger partial charge in [0.1, 0.15) is 0 Å². The molecule has 0 saturated carbocycles. The molecule has 2 aromatic carbocycles. The van der Waals surface area contributed by atoms with Gasteiger partial charge >= 0.3 is 0 Å². The Balaban J connectivity index is 2.24. The minimum atomic E-state index is 0.276. The fourth-order valence-electron chi connectivity index (χ4n) is 2.21. The van der Waals surface area contributed by atoms with E-state index >= 15 is 0 Å². The number of rotatable bonds is 4. The number of halogens is 2. The van der Waals surface area contributed by atoms with E-state index in [2.05, 4.69) is 31.2 Å². The summed E-state index contributed by atoms with van der Waals surface area (Å²) in [5, 5.41) is 1.37. The van der Waals surface area contributed by atoms with E-state index in [0.29, 0.717) is 16.6 Å². The molecule has 19 heavy (non-hydrogen) atoms. The van der Waals surface area contributed by atoms with Crippen LogP contribution in [0.2, 0.25) is 10.0 Å². The Bertz CT molecular complexity index is 566. The number of hydrogen-bond donors (Lipinski definition) is 1. The van der Waals surface area contributed by atoms with Crippen LogP contribution in [0.1, 0.15) is 22.6 Å². The van der Waals surface area contributed by atoms with Crippen LogP contribution >= 0.6 is 23.2 Å². The van der Waals surface area contributed by atoms with E-state index in [1.807, 2.05) is 12.1 Å². The quantitative estimate of drug-likeness (QED) is 0.877. The van der Waals surface area contributed by atoms with Crippen LogP contribution in [0.15, 0.2) is 42.5 Å². The lowest BCUT2D eigenvalue weighted by Crippen LogP contribution is -2.15. The van der Waals surface area contributed by atoms with E-state index in [1.165, 1.54) is 11.1 Å². The van der Waals surface area contributed by atoms with Crippen molar-refractivity contribution >= 4 is 23.2 Å². The molecule has 0 aromatic heterocycles. The standard InChI is InChI=1S/C16H17Cl2N/c1-11-3-2-4-12(7-11)14(10-19)8-13-5-6-15(17)9-16(13)18/h2-7,9,14H,8,10,19H2,1H3. The zero-order valence-corrected chi connectivity index (χ0v) is 12.4. The van der Waals surface area contributed by atoms with Crippen molar-refractivity contribution in [3.05, 3.63) is 69.2 Å². The normalized spacial score (nSPS) is 12.4. The summed E-state index contributed by atoms with van der Waals surface area (Å²) in [6.07, 6.45) is 0.829. The van der Waals surface area contributed by atoms with E-state index in [0.717, 1.165) is 12.0 Å². The van der Waals surface area contributed by atoms with Gasteiger partial charge in [-0.25, -0.2) is 0 Å². The van der Waals surface area contributed by atoms with Gasteiger partial charge in [-0.1, -0.05) is 59.1 Å². The minimum absolute atomic E-state index is 0.276. The van der Waals surface area contributed by atoms with Gasteiger partial charge in [-0.2, -0.15) is 0 Å². The van der Waals surface area contributed by atoms with Gasteiger partial charge in [0.2, 0.25) is 0 Å². The molecule has 2 rings (SSSR count). The van der Waals surface area contributed by atoms with Gasteiger partial charge in [0.25, 0.3) is 0 Å². The monoisotopic (exact) mass is 293 g/mol. The number of benzene rings is 2. The van der Waals surface area contributed by atoms with Crippen molar-refractivity contribution in [3.63, 3.8) is 0 Å². The van der Waals surface area contributed by atoms with Gasteiger partial charge in [-0.15, -0.1) is 0 Å². The molecule has 2 aromatic rings. The Labute approximate surface area is 124 Å². The molecule has 1 unspecified atom stereocenters. The number of nitrogens with two attached hydrogens (primary N) is 1. The van der Waals surface area contributed by atoms with Crippen molar-refractivity contribution in [2.24, 2.45) is 5.73 Å². The zero-order valence-electron chi connectivity index (χ0n) is 10.9. The summed E-state index contributed by atoms with van der Waals surface area (Å²) in [7, 11) is 0. The van der Waals surface area contributed by atoms with Crippen LogP contribution < -0.4 is 5.73 Å². The third-order valence-corrected chi connectivity index (χ3v) is 3.87. The molecule has 0 radical (unpaired) electrons. The lowest BCUT2D eigenvalue weighted by molar-refractivity contribution is 0.694. The Morgan fingerprint density at radius 3 is 2.53 bits per heavy atom. The second-order valence-electron chi connectivity index (χ2n) is 4.79. The van der Waals surface area contributed by atoms with Crippen molar-refractivity contribution in [2.45, 2.75) is 19.3 Å². The number of hydrogen-bond acceptors (Lipinski definition) is 1. The molecular weight excluding hydrogens is 277 g/mol. The van der Waals surface area contributed by atoms with Gasteiger partial charge in [0, 0.05) is 16.0 Å². The fraction of sp³-hybridized carbons (Fsp3) is 0.250. The molecule has 3 heteroatoms. The Morgan fingerprint density at radius 2 is 1.89 bits per heavy atom. The maximum Gasteiger partial charge on any atom is 0.0453 e. The van der Waals surface area contributed by atoms with Crippen LogP contribution in [-0.4, -0.2) is 6.54 Å². The van der Waals surface area contributed by atoms with E-state index in [-0.39, 0.29) is 5.92 Å².